The lowest BCUT2D eigenvalue weighted by Crippen LogP contribution is -2.25. The van der Waals surface area contributed by atoms with Crippen molar-refractivity contribution in [2.75, 3.05) is 32.6 Å². The van der Waals surface area contributed by atoms with E-state index in [1.54, 1.807) is 19.2 Å². The summed E-state index contributed by atoms with van der Waals surface area (Å²) in [7, 11) is 3.71. The van der Waals surface area contributed by atoms with Crippen LogP contribution >= 0.6 is 0 Å². The van der Waals surface area contributed by atoms with Gasteiger partial charge in [-0.05, 0) is 36.9 Å². The van der Waals surface area contributed by atoms with Crippen molar-refractivity contribution in [1.82, 2.24) is 4.90 Å². The van der Waals surface area contributed by atoms with Gasteiger partial charge in [-0.15, -0.1) is 0 Å². The Morgan fingerprint density at radius 1 is 1.14 bits per heavy atom. The van der Waals surface area contributed by atoms with Crippen molar-refractivity contribution in [1.29, 1.82) is 0 Å². The number of hydrogen-bond donors (Lipinski definition) is 1. The minimum atomic E-state index is -0.215. The highest BCUT2D eigenvalue weighted by molar-refractivity contribution is 5.44. The van der Waals surface area contributed by atoms with Crippen LogP contribution in [0.5, 0.6) is 5.75 Å². The van der Waals surface area contributed by atoms with Crippen LogP contribution in [-0.2, 0) is 6.54 Å². The maximum absolute atomic E-state index is 13.5. The van der Waals surface area contributed by atoms with Gasteiger partial charge in [-0.3, -0.25) is 0 Å². The molecule has 0 unspecified atom stereocenters. The molecule has 0 aliphatic carbocycles. The molecule has 0 saturated heterocycles. The highest BCUT2D eigenvalue weighted by Gasteiger charge is 2.03. The van der Waals surface area contributed by atoms with E-state index in [2.05, 4.69) is 16.3 Å². The summed E-state index contributed by atoms with van der Waals surface area (Å²) in [5, 5.41) is 3.11. The lowest BCUT2D eigenvalue weighted by atomic mass is 10.2. The molecule has 0 atom stereocenters. The van der Waals surface area contributed by atoms with E-state index >= 15 is 0 Å². The van der Waals surface area contributed by atoms with Crippen LogP contribution in [0.25, 0.3) is 0 Å². The van der Waals surface area contributed by atoms with Gasteiger partial charge in [0.25, 0.3) is 0 Å². The Balaban J connectivity index is 1.79. The zero-order chi connectivity index (χ0) is 15.1. The maximum atomic E-state index is 13.5. The Bertz CT molecular complexity index is 574. The van der Waals surface area contributed by atoms with Crippen molar-refractivity contribution < 1.29 is 9.13 Å². The second-order valence-electron chi connectivity index (χ2n) is 5.00. The second kappa shape index (κ2) is 7.64. The number of likely N-dealkylation sites (N-methyl/N-ethyl adjacent to an activating group) is 1. The predicted molar refractivity (Wildman–Crippen MR) is 84.2 cm³/mol. The van der Waals surface area contributed by atoms with Crippen molar-refractivity contribution in [2.45, 2.75) is 6.54 Å². The molecule has 3 nitrogen and oxygen atoms in total. The monoisotopic (exact) mass is 288 g/mol. The summed E-state index contributed by atoms with van der Waals surface area (Å²) in [6.45, 7) is 2.35. The van der Waals surface area contributed by atoms with E-state index in [1.165, 1.54) is 11.6 Å². The topological polar surface area (TPSA) is 24.5 Å². The first kappa shape index (κ1) is 15.3. The number of methoxy groups -OCH3 is 1. The van der Waals surface area contributed by atoms with Crippen molar-refractivity contribution in [3.8, 4) is 5.75 Å². The third kappa shape index (κ3) is 4.76. The highest BCUT2D eigenvalue weighted by Crippen LogP contribution is 2.14. The fraction of sp³-hybridized carbons (Fsp3) is 0.294. The molecule has 2 aromatic rings. The average molecular weight is 288 g/mol. The number of benzene rings is 2. The molecule has 21 heavy (non-hydrogen) atoms. The summed E-state index contributed by atoms with van der Waals surface area (Å²) >= 11 is 0. The van der Waals surface area contributed by atoms with Crippen LogP contribution in [-0.4, -0.2) is 32.1 Å². The van der Waals surface area contributed by atoms with Gasteiger partial charge in [-0.2, -0.15) is 0 Å². The molecule has 0 amide bonds. The van der Waals surface area contributed by atoms with Gasteiger partial charge in [-0.25, -0.2) is 4.39 Å². The summed E-state index contributed by atoms with van der Waals surface area (Å²) in [6, 6.07) is 14.7. The molecule has 0 bridgehead atoms. The molecule has 0 aromatic heterocycles. The minimum Gasteiger partial charge on any atom is -0.497 e. The van der Waals surface area contributed by atoms with E-state index in [1.807, 2.05) is 31.3 Å². The summed E-state index contributed by atoms with van der Waals surface area (Å²) in [5.41, 5.74) is 1.75. The minimum absolute atomic E-state index is 0.215. The van der Waals surface area contributed by atoms with Crippen molar-refractivity contribution in [3.63, 3.8) is 0 Å². The van der Waals surface area contributed by atoms with Gasteiger partial charge in [0.2, 0.25) is 0 Å². The fourth-order valence-electron chi connectivity index (χ4n) is 2.15. The molecular weight excluding hydrogens is 267 g/mol. The summed E-state index contributed by atoms with van der Waals surface area (Å²) in [6.07, 6.45) is 0. The third-order valence-corrected chi connectivity index (χ3v) is 3.27. The number of nitrogens with zero attached hydrogens (tertiary/aromatic N) is 1. The molecule has 2 rings (SSSR count). The number of ether oxygens (including phenoxy) is 1. The second-order valence-corrected chi connectivity index (χ2v) is 5.00. The summed E-state index contributed by atoms with van der Waals surface area (Å²) < 4.78 is 18.7. The number of rotatable bonds is 7. The summed E-state index contributed by atoms with van der Waals surface area (Å²) in [5.74, 6) is 0.651. The summed E-state index contributed by atoms with van der Waals surface area (Å²) in [4.78, 5) is 2.18. The largest absolute Gasteiger partial charge is 0.497 e. The molecule has 2 aromatic carbocycles. The van der Waals surface area contributed by atoms with E-state index < -0.39 is 0 Å². The Hall–Kier alpha value is -2.07. The maximum Gasteiger partial charge on any atom is 0.146 e. The first-order chi connectivity index (χ1) is 10.2. The van der Waals surface area contributed by atoms with Gasteiger partial charge < -0.3 is 15.0 Å². The third-order valence-electron chi connectivity index (χ3n) is 3.27. The number of halogens is 1. The Morgan fingerprint density at radius 3 is 2.71 bits per heavy atom. The average Bonchev–Trinajstić information content (AvgIpc) is 2.49. The molecule has 0 aliphatic rings. The van der Waals surface area contributed by atoms with Crippen LogP contribution in [0.4, 0.5) is 10.1 Å². The quantitative estimate of drug-likeness (QED) is 0.845. The highest BCUT2D eigenvalue weighted by atomic mass is 19.1. The molecule has 0 spiro atoms. The Kier molecular flexibility index (Phi) is 5.58. The van der Waals surface area contributed by atoms with E-state index in [-0.39, 0.29) is 5.82 Å². The molecule has 0 heterocycles. The van der Waals surface area contributed by atoms with Crippen LogP contribution in [0.3, 0.4) is 0 Å². The van der Waals surface area contributed by atoms with Crippen LogP contribution in [0.1, 0.15) is 5.56 Å². The van der Waals surface area contributed by atoms with Gasteiger partial charge in [0.1, 0.15) is 11.6 Å². The molecular formula is C17H21FN2O. The number of anilines is 1. The van der Waals surface area contributed by atoms with Crippen LogP contribution in [0.2, 0.25) is 0 Å². The van der Waals surface area contributed by atoms with Gasteiger partial charge in [-0.1, -0.05) is 24.3 Å². The fourth-order valence-corrected chi connectivity index (χ4v) is 2.15. The van der Waals surface area contributed by atoms with Crippen molar-refractivity contribution in [3.05, 3.63) is 59.9 Å². The Morgan fingerprint density at radius 2 is 1.95 bits per heavy atom. The van der Waals surface area contributed by atoms with Crippen LogP contribution in [0.15, 0.2) is 48.5 Å². The number of hydrogen-bond acceptors (Lipinski definition) is 3. The lowest BCUT2D eigenvalue weighted by Gasteiger charge is -2.18. The van der Waals surface area contributed by atoms with Crippen LogP contribution in [0, 0.1) is 5.82 Å². The van der Waals surface area contributed by atoms with Crippen molar-refractivity contribution >= 4 is 5.69 Å². The SMILES string of the molecule is COc1cccc(CN(C)CCNc2ccccc2F)c1. The molecule has 0 aliphatic heterocycles. The molecule has 0 radical (unpaired) electrons. The molecule has 0 saturated carbocycles. The van der Waals surface area contributed by atoms with Crippen molar-refractivity contribution in [2.24, 2.45) is 0 Å². The van der Waals surface area contributed by atoms with Gasteiger partial charge in [0.15, 0.2) is 0 Å². The molecule has 1 N–H and O–H groups in total. The Labute approximate surface area is 125 Å². The van der Waals surface area contributed by atoms with E-state index in [4.69, 9.17) is 4.74 Å². The van der Waals surface area contributed by atoms with E-state index in [9.17, 15) is 4.39 Å². The predicted octanol–water partition coefficient (Wildman–Crippen LogP) is 3.38. The smallest absolute Gasteiger partial charge is 0.146 e. The molecule has 4 heteroatoms. The zero-order valence-corrected chi connectivity index (χ0v) is 12.5. The number of nitrogens with one attached hydrogen (secondary N) is 1. The van der Waals surface area contributed by atoms with E-state index in [0.717, 1.165) is 18.8 Å². The lowest BCUT2D eigenvalue weighted by molar-refractivity contribution is 0.338. The van der Waals surface area contributed by atoms with Gasteiger partial charge in [0.05, 0.1) is 12.8 Å². The normalized spacial score (nSPS) is 10.7. The first-order valence-corrected chi connectivity index (χ1v) is 6.99. The van der Waals surface area contributed by atoms with Gasteiger partial charge >= 0.3 is 0 Å². The first-order valence-electron chi connectivity index (χ1n) is 6.99. The molecule has 112 valence electrons. The number of para-hydroxylation sites is 1. The van der Waals surface area contributed by atoms with E-state index in [0.29, 0.717) is 12.2 Å². The van der Waals surface area contributed by atoms with Gasteiger partial charge in [0, 0.05) is 19.6 Å². The molecule has 0 fully saturated rings. The van der Waals surface area contributed by atoms with Crippen LogP contribution < -0.4 is 10.1 Å². The standard InChI is InChI=1S/C17H21FN2O/c1-20(13-14-6-5-7-15(12-14)21-2)11-10-19-17-9-4-3-8-16(17)18/h3-9,12,19H,10-11,13H2,1-2H3. The zero-order valence-electron chi connectivity index (χ0n) is 12.5.